The van der Waals surface area contributed by atoms with Crippen LogP contribution in [0.25, 0.3) is 5.69 Å². The zero-order valence-electron chi connectivity index (χ0n) is 15.1. The third-order valence-electron chi connectivity index (χ3n) is 4.46. The van der Waals surface area contributed by atoms with Gasteiger partial charge in [-0.25, -0.2) is 9.67 Å². The van der Waals surface area contributed by atoms with E-state index in [0.717, 1.165) is 35.2 Å². The molecule has 1 fully saturated rings. The van der Waals surface area contributed by atoms with Gasteiger partial charge in [-0.05, 0) is 24.6 Å². The van der Waals surface area contributed by atoms with Crippen molar-refractivity contribution in [3.05, 3.63) is 58.9 Å². The highest BCUT2D eigenvalue weighted by Crippen LogP contribution is 2.26. The molecule has 1 amide bonds. The minimum Gasteiger partial charge on any atom is -0.378 e. The molecule has 1 aliphatic heterocycles. The van der Waals surface area contributed by atoms with E-state index < -0.39 is 0 Å². The predicted molar refractivity (Wildman–Crippen MR) is 105 cm³/mol. The van der Waals surface area contributed by atoms with E-state index in [1.165, 1.54) is 11.3 Å². The Balaban J connectivity index is 1.47. The van der Waals surface area contributed by atoms with E-state index >= 15 is 0 Å². The van der Waals surface area contributed by atoms with Crippen LogP contribution in [-0.2, 0) is 11.3 Å². The summed E-state index contributed by atoms with van der Waals surface area (Å²) >= 11 is 1.44. The average Bonchev–Trinajstić information content (AvgIpc) is 3.37. The van der Waals surface area contributed by atoms with Crippen molar-refractivity contribution in [3.63, 3.8) is 0 Å². The maximum atomic E-state index is 12.7. The molecular formula is C19H21N5O2S. The molecule has 7 nitrogen and oxygen atoms in total. The third-order valence-corrected chi connectivity index (χ3v) is 5.67. The largest absolute Gasteiger partial charge is 0.378 e. The maximum Gasteiger partial charge on any atom is 0.263 e. The van der Waals surface area contributed by atoms with Crippen molar-refractivity contribution in [2.45, 2.75) is 13.5 Å². The monoisotopic (exact) mass is 383 g/mol. The Bertz CT molecular complexity index is 916. The first-order valence-corrected chi connectivity index (χ1v) is 9.70. The molecule has 0 radical (unpaired) electrons. The Morgan fingerprint density at radius 3 is 2.85 bits per heavy atom. The van der Waals surface area contributed by atoms with Crippen molar-refractivity contribution in [1.29, 1.82) is 0 Å². The Morgan fingerprint density at radius 2 is 2.07 bits per heavy atom. The van der Waals surface area contributed by atoms with Gasteiger partial charge in [0.1, 0.15) is 4.88 Å². The Kier molecular flexibility index (Phi) is 5.17. The molecule has 3 aromatic rings. The molecule has 0 atom stereocenters. The summed E-state index contributed by atoms with van der Waals surface area (Å²) < 4.78 is 7.19. The van der Waals surface area contributed by atoms with E-state index in [2.05, 4.69) is 20.3 Å². The van der Waals surface area contributed by atoms with Gasteiger partial charge in [-0.1, -0.05) is 29.5 Å². The van der Waals surface area contributed by atoms with Crippen LogP contribution in [0.1, 0.15) is 20.9 Å². The van der Waals surface area contributed by atoms with Crippen LogP contribution in [0.4, 0.5) is 5.13 Å². The van der Waals surface area contributed by atoms with Crippen molar-refractivity contribution in [1.82, 2.24) is 20.1 Å². The van der Waals surface area contributed by atoms with E-state index in [0.29, 0.717) is 24.6 Å². The minimum atomic E-state index is -0.0974. The lowest BCUT2D eigenvalue weighted by molar-refractivity contribution is 0.0954. The molecule has 2 aromatic heterocycles. The summed E-state index contributed by atoms with van der Waals surface area (Å²) in [5, 5.41) is 8.19. The third kappa shape index (κ3) is 3.86. The number of amides is 1. The van der Waals surface area contributed by atoms with Crippen molar-refractivity contribution >= 4 is 22.4 Å². The lowest BCUT2D eigenvalue weighted by Crippen LogP contribution is -2.36. The zero-order chi connectivity index (χ0) is 18.6. The maximum absolute atomic E-state index is 12.7. The SMILES string of the molecule is Cc1nc(N2CCOCC2)sc1C(=O)NCc1ccccc1-n1cccn1. The number of nitrogens with zero attached hydrogens (tertiary/aromatic N) is 4. The highest BCUT2D eigenvalue weighted by atomic mass is 32.1. The molecule has 0 unspecified atom stereocenters. The second-order valence-electron chi connectivity index (χ2n) is 6.27. The van der Waals surface area contributed by atoms with Gasteiger partial charge >= 0.3 is 0 Å². The van der Waals surface area contributed by atoms with Crippen molar-refractivity contribution < 1.29 is 9.53 Å². The Morgan fingerprint density at radius 1 is 1.26 bits per heavy atom. The molecule has 0 spiro atoms. The number of aromatic nitrogens is 3. The molecule has 0 aliphatic carbocycles. The summed E-state index contributed by atoms with van der Waals surface area (Å²) in [5.74, 6) is -0.0974. The summed E-state index contributed by atoms with van der Waals surface area (Å²) in [7, 11) is 0. The summed E-state index contributed by atoms with van der Waals surface area (Å²) in [6.45, 7) is 5.33. The first kappa shape index (κ1) is 17.7. The molecule has 1 aromatic carbocycles. The van der Waals surface area contributed by atoms with Gasteiger partial charge in [0.15, 0.2) is 5.13 Å². The average molecular weight is 383 g/mol. The Labute approximate surface area is 161 Å². The first-order chi connectivity index (χ1) is 13.2. The predicted octanol–water partition coefficient (Wildman–Crippen LogP) is 2.40. The van der Waals surface area contributed by atoms with Crippen LogP contribution < -0.4 is 10.2 Å². The molecule has 1 saturated heterocycles. The fraction of sp³-hybridized carbons (Fsp3) is 0.316. The molecule has 1 N–H and O–H groups in total. The summed E-state index contributed by atoms with van der Waals surface area (Å²) in [5.41, 5.74) is 2.72. The highest BCUT2D eigenvalue weighted by Gasteiger charge is 2.20. The van der Waals surface area contributed by atoms with Crippen molar-refractivity contribution in [2.24, 2.45) is 0 Å². The molecule has 140 valence electrons. The van der Waals surface area contributed by atoms with Gasteiger partial charge < -0.3 is 15.0 Å². The van der Waals surface area contributed by atoms with Crippen molar-refractivity contribution in [2.75, 3.05) is 31.2 Å². The number of benzene rings is 1. The number of nitrogens with one attached hydrogen (secondary N) is 1. The number of carbonyl (C=O) groups excluding carboxylic acids is 1. The standard InChI is InChI=1S/C19H21N5O2S/c1-14-17(27-19(22-14)23-9-11-26-12-10-23)18(25)20-13-15-5-2-3-6-16(15)24-8-4-7-21-24/h2-8H,9-13H2,1H3,(H,20,25). The molecule has 0 saturated carbocycles. The Hall–Kier alpha value is -2.71. The van der Waals surface area contributed by atoms with Crippen LogP contribution in [0.5, 0.6) is 0 Å². The fourth-order valence-electron chi connectivity index (χ4n) is 3.03. The molecule has 0 bridgehead atoms. The van der Waals surface area contributed by atoms with Gasteiger partial charge in [0, 0.05) is 32.0 Å². The molecule has 4 rings (SSSR count). The number of morpholine rings is 1. The normalized spacial score (nSPS) is 14.3. The van der Waals surface area contributed by atoms with Crippen LogP contribution in [0, 0.1) is 6.92 Å². The number of ether oxygens (including phenoxy) is 1. The summed E-state index contributed by atoms with van der Waals surface area (Å²) in [6.07, 6.45) is 3.63. The van der Waals surface area contributed by atoms with E-state index in [-0.39, 0.29) is 5.91 Å². The van der Waals surface area contributed by atoms with Crippen molar-refractivity contribution in [3.8, 4) is 5.69 Å². The van der Waals surface area contributed by atoms with E-state index in [4.69, 9.17) is 4.74 Å². The topological polar surface area (TPSA) is 72.3 Å². The molecule has 1 aliphatic rings. The fourth-order valence-corrected chi connectivity index (χ4v) is 4.07. The van der Waals surface area contributed by atoms with Crippen LogP contribution in [0.3, 0.4) is 0 Å². The van der Waals surface area contributed by atoms with Crippen LogP contribution in [0.2, 0.25) is 0 Å². The smallest absolute Gasteiger partial charge is 0.263 e. The number of anilines is 1. The highest BCUT2D eigenvalue weighted by molar-refractivity contribution is 7.17. The van der Waals surface area contributed by atoms with Gasteiger partial charge in [0.25, 0.3) is 5.91 Å². The number of hydrogen-bond acceptors (Lipinski definition) is 6. The number of para-hydroxylation sites is 1. The lowest BCUT2D eigenvalue weighted by atomic mass is 10.1. The quantitative estimate of drug-likeness (QED) is 0.733. The number of carbonyl (C=O) groups is 1. The van der Waals surface area contributed by atoms with Gasteiger partial charge in [0.05, 0.1) is 24.6 Å². The molecule has 8 heteroatoms. The van der Waals surface area contributed by atoms with Gasteiger partial charge in [-0.2, -0.15) is 5.10 Å². The van der Waals surface area contributed by atoms with Gasteiger partial charge in [-0.3, -0.25) is 4.79 Å². The molecule has 3 heterocycles. The summed E-state index contributed by atoms with van der Waals surface area (Å²) in [4.78, 5) is 20.1. The second-order valence-corrected chi connectivity index (χ2v) is 7.25. The number of rotatable bonds is 5. The van der Waals surface area contributed by atoms with Gasteiger partial charge in [0.2, 0.25) is 0 Å². The van der Waals surface area contributed by atoms with E-state index in [1.807, 2.05) is 43.5 Å². The van der Waals surface area contributed by atoms with Crippen LogP contribution in [0.15, 0.2) is 42.7 Å². The van der Waals surface area contributed by atoms with Crippen LogP contribution >= 0.6 is 11.3 Å². The number of hydrogen-bond donors (Lipinski definition) is 1. The summed E-state index contributed by atoms with van der Waals surface area (Å²) in [6, 6.07) is 9.79. The minimum absolute atomic E-state index is 0.0974. The molecular weight excluding hydrogens is 362 g/mol. The number of aryl methyl sites for hydroxylation is 1. The molecule has 27 heavy (non-hydrogen) atoms. The lowest BCUT2D eigenvalue weighted by Gasteiger charge is -2.25. The first-order valence-electron chi connectivity index (χ1n) is 8.88. The van der Waals surface area contributed by atoms with Crippen LogP contribution in [-0.4, -0.2) is 47.0 Å². The zero-order valence-corrected chi connectivity index (χ0v) is 15.9. The van der Waals surface area contributed by atoms with Gasteiger partial charge in [-0.15, -0.1) is 0 Å². The number of thiazole rings is 1. The second kappa shape index (κ2) is 7.89. The van der Waals surface area contributed by atoms with E-state index in [1.54, 1.807) is 10.9 Å². The van der Waals surface area contributed by atoms with E-state index in [9.17, 15) is 4.79 Å².